The molecule has 1 aromatic carbocycles. The monoisotopic (exact) mass is 329 g/mol. The van der Waals surface area contributed by atoms with Gasteiger partial charge in [-0.2, -0.15) is 0 Å². The third kappa shape index (κ3) is 2.76. The standard InChI is InChI=1S/C15H21BrClN/c1-14(2)7-3-4-8-15(14,18)10-11-5-6-12(16)9-13(11)17/h5-6,9H,3-4,7-8,10,18H2,1-2H3. The molecule has 0 saturated heterocycles. The van der Waals surface area contributed by atoms with Crippen LogP contribution in [0.2, 0.25) is 5.02 Å². The van der Waals surface area contributed by atoms with Gasteiger partial charge in [0.1, 0.15) is 0 Å². The first-order valence-electron chi connectivity index (χ1n) is 6.57. The summed E-state index contributed by atoms with van der Waals surface area (Å²) in [6, 6.07) is 6.09. The van der Waals surface area contributed by atoms with Crippen LogP contribution in [0.3, 0.4) is 0 Å². The van der Waals surface area contributed by atoms with Crippen molar-refractivity contribution in [2.24, 2.45) is 11.1 Å². The van der Waals surface area contributed by atoms with Crippen LogP contribution in [-0.4, -0.2) is 5.54 Å². The van der Waals surface area contributed by atoms with Crippen molar-refractivity contribution in [1.29, 1.82) is 0 Å². The Morgan fingerprint density at radius 3 is 2.56 bits per heavy atom. The molecule has 0 spiro atoms. The predicted molar refractivity (Wildman–Crippen MR) is 82.0 cm³/mol. The van der Waals surface area contributed by atoms with E-state index in [9.17, 15) is 0 Å². The lowest BCUT2D eigenvalue weighted by molar-refractivity contribution is 0.0990. The van der Waals surface area contributed by atoms with Crippen molar-refractivity contribution in [3.05, 3.63) is 33.3 Å². The fourth-order valence-electron chi connectivity index (χ4n) is 2.93. The second kappa shape index (κ2) is 5.15. The Morgan fingerprint density at radius 1 is 1.28 bits per heavy atom. The molecule has 0 bridgehead atoms. The molecule has 100 valence electrons. The first kappa shape index (κ1) is 14.4. The number of rotatable bonds is 2. The maximum absolute atomic E-state index is 6.71. The highest BCUT2D eigenvalue weighted by Gasteiger charge is 2.43. The van der Waals surface area contributed by atoms with Crippen molar-refractivity contribution in [2.45, 2.75) is 51.5 Å². The minimum Gasteiger partial charge on any atom is -0.324 e. The third-order valence-electron chi connectivity index (χ3n) is 4.54. The molecule has 1 nitrogen and oxygen atoms in total. The summed E-state index contributed by atoms with van der Waals surface area (Å²) >= 11 is 9.76. The van der Waals surface area contributed by atoms with Gasteiger partial charge in [-0.25, -0.2) is 0 Å². The van der Waals surface area contributed by atoms with Crippen LogP contribution in [0.15, 0.2) is 22.7 Å². The van der Waals surface area contributed by atoms with Crippen molar-refractivity contribution < 1.29 is 0 Å². The fourth-order valence-corrected chi connectivity index (χ4v) is 3.67. The Hall–Kier alpha value is -0.0500. The van der Waals surface area contributed by atoms with Gasteiger partial charge >= 0.3 is 0 Å². The van der Waals surface area contributed by atoms with Gasteiger partial charge in [0.15, 0.2) is 0 Å². The molecular formula is C15H21BrClN. The van der Waals surface area contributed by atoms with Gasteiger partial charge in [-0.05, 0) is 42.4 Å². The minimum atomic E-state index is -0.136. The van der Waals surface area contributed by atoms with Crippen molar-refractivity contribution in [3.63, 3.8) is 0 Å². The van der Waals surface area contributed by atoms with Gasteiger partial charge in [-0.1, -0.05) is 60.3 Å². The van der Waals surface area contributed by atoms with Crippen molar-refractivity contribution in [3.8, 4) is 0 Å². The van der Waals surface area contributed by atoms with E-state index in [4.69, 9.17) is 17.3 Å². The maximum atomic E-state index is 6.71. The topological polar surface area (TPSA) is 26.0 Å². The van der Waals surface area contributed by atoms with E-state index in [1.807, 2.05) is 12.1 Å². The highest BCUT2D eigenvalue weighted by molar-refractivity contribution is 9.10. The number of nitrogens with two attached hydrogens (primary N) is 1. The van der Waals surface area contributed by atoms with E-state index in [0.29, 0.717) is 0 Å². The molecule has 2 rings (SSSR count). The summed E-state index contributed by atoms with van der Waals surface area (Å²) < 4.78 is 1.02. The summed E-state index contributed by atoms with van der Waals surface area (Å²) in [5, 5.41) is 0.815. The zero-order valence-corrected chi connectivity index (χ0v) is 13.4. The van der Waals surface area contributed by atoms with Gasteiger partial charge in [0, 0.05) is 15.0 Å². The first-order valence-corrected chi connectivity index (χ1v) is 7.74. The summed E-state index contributed by atoms with van der Waals surface area (Å²) in [6.45, 7) is 4.58. The molecule has 1 saturated carbocycles. The largest absolute Gasteiger partial charge is 0.324 e. The number of benzene rings is 1. The van der Waals surface area contributed by atoms with Crippen LogP contribution in [0.1, 0.15) is 45.1 Å². The van der Waals surface area contributed by atoms with E-state index < -0.39 is 0 Å². The predicted octanol–water partition coefficient (Wildman–Crippen LogP) is 4.94. The van der Waals surface area contributed by atoms with E-state index in [-0.39, 0.29) is 11.0 Å². The number of hydrogen-bond donors (Lipinski definition) is 1. The van der Waals surface area contributed by atoms with Crippen molar-refractivity contribution in [2.75, 3.05) is 0 Å². The SMILES string of the molecule is CC1(C)CCCCC1(N)Cc1ccc(Br)cc1Cl. The van der Waals surface area contributed by atoms with Crippen LogP contribution in [0.5, 0.6) is 0 Å². The van der Waals surface area contributed by atoms with E-state index in [1.54, 1.807) is 0 Å². The molecule has 0 amide bonds. The van der Waals surface area contributed by atoms with Gasteiger partial charge in [-0.3, -0.25) is 0 Å². The van der Waals surface area contributed by atoms with Crippen LogP contribution in [0.4, 0.5) is 0 Å². The molecule has 0 aromatic heterocycles. The molecule has 2 N–H and O–H groups in total. The van der Waals surface area contributed by atoms with Gasteiger partial charge in [0.25, 0.3) is 0 Å². The lowest BCUT2D eigenvalue weighted by Gasteiger charge is -2.48. The van der Waals surface area contributed by atoms with Crippen LogP contribution in [0, 0.1) is 5.41 Å². The summed E-state index contributed by atoms with van der Waals surface area (Å²) in [5.41, 5.74) is 7.92. The van der Waals surface area contributed by atoms with Crippen molar-refractivity contribution in [1.82, 2.24) is 0 Å². The van der Waals surface area contributed by atoms with Gasteiger partial charge in [-0.15, -0.1) is 0 Å². The van der Waals surface area contributed by atoms with Gasteiger partial charge in [0.2, 0.25) is 0 Å². The molecule has 1 fully saturated rings. The smallest absolute Gasteiger partial charge is 0.0449 e. The second-order valence-corrected chi connectivity index (χ2v) is 7.48. The Morgan fingerprint density at radius 2 is 1.94 bits per heavy atom. The molecule has 1 atom stereocenters. The molecule has 18 heavy (non-hydrogen) atoms. The Bertz CT molecular complexity index is 444. The Balaban J connectivity index is 2.26. The highest BCUT2D eigenvalue weighted by atomic mass is 79.9. The Labute approximate surface area is 123 Å². The first-order chi connectivity index (χ1) is 8.34. The zero-order valence-electron chi connectivity index (χ0n) is 11.1. The number of halogens is 2. The second-order valence-electron chi connectivity index (χ2n) is 6.16. The highest BCUT2D eigenvalue weighted by Crippen LogP contribution is 2.44. The summed E-state index contributed by atoms with van der Waals surface area (Å²) in [5.74, 6) is 0. The molecule has 0 heterocycles. The summed E-state index contributed by atoms with van der Waals surface area (Å²) in [4.78, 5) is 0. The van der Waals surface area contributed by atoms with E-state index in [1.165, 1.54) is 19.3 Å². The molecule has 1 unspecified atom stereocenters. The lowest BCUT2D eigenvalue weighted by Crippen LogP contribution is -2.56. The van der Waals surface area contributed by atoms with E-state index >= 15 is 0 Å². The quantitative estimate of drug-likeness (QED) is 0.816. The summed E-state index contributed by atoms with van der Waals surface area (Å²) in [7, 11) is 0. The summed E-state index contributed by atoms with van der Waals surface area (Å²) in [6.07, 6.45) is 5.68. The van der Waals surface area contributed by atoms with Gasteiger partial charge < -0.3 is 5.73 Å². The van der Waals surface area contributed by atoms with Crippen LogP contribution in [-0.2, 0) is 6.42 Å². The normalized spacial score (nSPS) is 27.2. The molecule has 0 aliphatic heterocycles. The van der Waals surface area contributed by atoms with Crippen LogP contribution >= 0.6 is 27.5 Å². The molecule has 1 aliphatic carbocycles. The fraction of sp³-hybridized carbons (Fsp3) is 0.600. The molecule has 1 aliphatic rings. The Kier molecular flexibility index (Phi) is 4.10. The number of hydrogen-bond acceptors (Lipinski definition) is 1. The lowest BCUT2D eigenvalue weighted by atomic mass is 9.61. The zero-order chi connectivity index (χ0) is 13.4. The van der Waals surface area contributed by atoms with Crippen molar-refractivity contribution >= 4 is 27.5 Å². The average molecular weight is 331 g/mol. The molecular weight excluding hydrogens is 310 g/mol. The molecule has 1 aromatic rings. The minimum absolute atomic E-state index is 0.136. The van der Waals surface area contributed by atoms with E-state index in [0.717, 1.165) is 27.9 Å². The maximum Gasteiger partial charge on any atom is 0.0449 e. The van der Waals surface area contributed by atoms with Gasteiger partial charge in [0.05, 0.1) is 0 Å². The van der Waals surface area contributed by atoms with Crippen LogP contribution < -0.4 is 5.73 Å². The third-order valence-corrected chi connectivity index (χ3v) is 5.39. The van der Waals surface area contributed by atoms with E-state index in [2.05, 4.69) is 35.8 Å². The average Bonchev–Trinajstić information content (AvgIpc) is 2.27. The van der Waals surface area contributed by atoms with Crippen LogP contribution in [0.25, 0.3) is 0 Å². The molecule has 0 radical (unpaired) electrons. The molecule has 3 heteroatoms.